The molecule has 0 spiro atoms. The number of hydrogen-bond acceptors (Lipinski definition) is 4. The number of carbonyl (C=O) groups is 1. The summed E-state index contributed by atoms with van der Waals surface area (Å²) in [4.78, 5) is 19.3. The van der Waals surface area contributed by atoms with Crippen LogP contribution in [0.15, 0.2) is 36.4 Å². The molecule has 0 atom stereocenters. The lowest BCUT2D eigenvalue weighted by molar-refractivity contribution is -0.130. The highest BCUT2D eigenvalue weighted by atomic mass is 16.5. The van der Waals surface area contributed by atoms with E-state index in [-0.39, 0.29) is 12.3 Å². The molecule has 136 valence electrons. The largest absolute Gasteiger partial charge is 0.497 e. The van der Waals surface area contributed by atoms with Gasteiger partial charge in [0.25, 0.3) is 0 Å². The maximum Gasteiger partial charge on any atom is 0.228 e. The fourth-order valence-corrected chi connectivity index (χ4v) is 3.04. The molecule has 2 heterocycles. The second-order valence-electron chi connectivity index (χ2n) is 6.12. The Morgan fingerprint density at radius 3 is 2.42 bits per heavy atom. The van der Waals surface area contributed by atoms with Gasteiger partial charge in [-0.15, -0.1) is 0 Å². The molecule has 0 fully saturated rings. The van der Waals surface area contributed by atoms with Gasteiger partial charge in [0.2, 0.25) is 5.91 Å². The van der Waals surface area contributed by atoms with E-state index in [1.165, 1.54) is 0 Å². The Bertz CT molecular complexity index is 911. The van der Waals surface area contributed by atoms with Crippen LogP contribution in [-0.2, 0) is 11.2 Å². The molecule has 3 aromatic rings. The topological polar surface area (TPSA) is 59.7 Å². The van der Waals surface area contributed by atoms with Crippen LogP contribution in [0.5, 0.6) is 5.75 Å². The molecule has 2 aromatic heterocycles. The van der Waals surface area contributed by atoms with Crippen LogP contribution >= 0.6 is 0 Å². The number of rotatable bonds is 6. The number of ether oxygens (including phenoxy) is 1. The molecule has 6 heteroatoms. The lowest BCUT2D eigenvalue weighted by Gasteiger charge is -2.18. The first-order valence-corrected chi connectivity index (χ1v) is 8.84. The van der Waals surface area contributed by atoms with Gasteiger partial charge in [0.05, 0.1) is 30.6 Å². The molecule has 0 radical (unpaired) electrons. The van der Waals surface area contributed by atoms with Crippen LogP contribution in [0.1, 0.15) is 25.2 Å². The minimum atomic E-state index is 0.0786. The number of aromatic nitrogens is 3. The predicted octanol–water partition coefficient (Wildman–Crippen LogP) is 3.12. The van der Waals surface area contributed by atoms with Gasteiger partial charge in [-0.1, -0.05) is 0 Å². The lowest BCUT2D eigenvalue weighted by atomic mass is 10.1. The summed E-state index contributed by atoms with van der Waals surface area (Å²) < 4.78 is 7.02. The first-order valence-electron chi connectivity index (χ1n) is 8.84. The highest BCUT2D eigenvalue weighted by Crippen LogP contribution is 2.26. The van der Waals surface area contributed by atoms with Crippen LogP contribution in [0.2, 0.25) is 0 Å². The molecule has 0 aliphatic carbocycles. The second kappa shape index (κ2) is 7.56. The van der Waals surface area contributed by atoms with Gasteiger partial charge < -0.3 is 9.64 Å². The zero-order valence-corrected chi connectivity index (χ0v) is 15.7. The van der Waals surface area contributed by atoms with E-state index < -0.39 is 0 Å². The molecule has 26 heavy (non-hydrogen) atoms. The van der Waals surface area contributed by atoms with Gasteiger partial charge in [-0.2, -0.15) is 5.10 Å². The zero-order valence-electron chi connectivity index (χ0n) is 15.7. The van der Waals surface area contributed by atoms with Gasteiger partial charge >= 0.3 is 0 Å². The van der Waals surface area contributed by atoms with E-state index in [9.17, 15) is 4.79 Å². The van der Waals surface area contributed by atoms with Crippen molar-refractivity contribution in [2.45, 2.75) is 27.2 Å². The number of aryl methyl sites for hydroxylation is 1. The minimum Gasteiger partial charge on any atom is -0.497 e. The van der Waals surface area contributed by atoms with Gasteiger partial charge in [0.15, 0.2) is 5.65 Å². The van der Waals surface area contributed by atoms with Crippen molar-refractivity contribution >= 4 is 11.6 Å². The third-order valence-corrected chi connectivity index (χ3v) is 4.50. The Morgan fingerprint density at radius 1 is 1.12 bits per heavy atom. The van der Waals surface area contributed by atoms with Crippen molar-refractivity contribution in [3.63, 3.8) is 0 Å². The van der Waals surface area contributed by atoms with Gasteiger partial charge in [0.1, 0.15) is 5.75 Å². The second-order valence-corrected chi connectivity index (χ2v) is 6.12. The molecule has 0 saturated heterocycles. The summed E-state index contributed by atoms with van der Waals surface area (Å²) in [5.74, 6) is 0.863. The maximum absolute atomic E-state index is 12.7. The van der Waals surface area contributed by atoms with Crippen LogP contribution in [0, 0.1) is 6.92 Å². The molecule has 0 aliphatic rings. The number of fused-ring (bicyclic) bond motifs is 1. The van der Waals surface area contributed by atoms with Crippen LogP contribution in [0.25, 0.3) is 16.9 Å². The monoisotopic (exact) mass is 352 g/mol. The average molecular weight is 352 g/mol. The van der Waals surface area contributed by atoms with Crippen molar-refractivity contribution in [1.82, 2.24) is 19.5 Å². The normalized spacial score (nSPS) is 10.9. The number of nitrogens with zero attached hydrogens (tertiary/aromatic N) is 4. The van der Waals surface area contributed by atoms with Gasteiger partial charge in [-0.25, -0.2) is 9.50 Å². The lowest BCUT2D eigenvalue weighted by Crippen LogP contribution is -2.32. The van der Waals surface area contributed by atoms with E-state index in [4.69, 9.17) is 9.72 Å². The van der Waals surface area contributed by atoms with E-state index in [1.807, 2.05) is 62.1 Å². The Hall–Kier alpha value is -2.89. The molecule has 6 nitrogen and oxygen atoms in total. The summed E-state index contributed by atoms with van der Waals surface area (Å²) in [6.07, 6.45) is 0.265. The fraction of sp³-hybridized carbons (Fsp3) is 0.350. The molecule has 0 saturated carbocycles. The Morgan fingerprint density at radius 2 is 1.81 bits per heavy atom. The summed E-state index contributed by atoms with van der Waals surface area (Å²) in [6, 6.07) is 11.6. The van der Waals surface area contributed by atoms with Crippen LogP contribution in [0.3, 0.4) is 0 Å². The number of methoxy groups -OCH3 is 1. The standard InChI is InChI=1S/C20H24N4O2/c1-5-23(6-2)19(25)13-17-20(15-8-10-16(26-4)11-9-15)21-18-12-7-14(3)22-24(17)18/h7-12H,5-6,13H2,1-4H3. The number of imidazole rings is 1. The van der Waals surface area contributed by atoms with Gasteiger partial charge in [-0.05, 0) is 57.2 Å². The number of benzene rings is 1. The third kappa shape index (κ3) is 3.40. The quantitative estimate of drug-likeness (QED) is 0.684. The summed E-state index contributed by atoms with van der Waals surface area (Å²) in [5.41, 5.74) is 4.16. The Labute approximate surface area is 153 Å². The maximum atomic E-state index is 12.7. The highest BCUT2D eigenvalue weighted by molar-refractivity contribution is 5.81. The van der Waals surface area contributed by atoms with E-state index in [0.717, 1.165) is 34.0 Å². The van der Waals surface area contributed by atoms with E-state index in [2.05, 4.69) is 5.10 Å². The Balaban J connectivity index is 2.10. The van der Waals surface area contributed by atoms with Crippen molar-refractivity contribution in [2.24, 2.45) is 0 Å². The van der Waals surface area contributed by atoms with Gasteiger partial charge in [0, 0.05) is 18.7 Å². The highest BCUT2D eigenvalue weighted by Gasteiger charge is 2.20. The molecular formula is C20H24N4O2. The van der Waals surface area contributed by atoms with Crippen LogP contribution < -0.4 is 4.74 Å². The average Bonchev–Trinajstić information content (AvgIpc) is 3.00. The van der Waals surface area contributed by atoms with Crippen molar-refractivity contribution in [3.05, 3.63) is 47.8 Å². The van der Waals surface area contributed by atoms with Crippen molar-refractivity contribution < 1.29 is 9.53 Å². The number of hydrogen-bond donors (Lipinski definition) is 0. The molecule has 0 bridgehead atoms. The molecule has 0 aliphatic heterocycles. The summed E-state index contributed by atoms with van der Waals surface area (Å²) in [5, 5.41) is 4.58. The number of likely N-dealkylation sites (N-methyl/N-ethyl adjacent to an activating group) is 1. The van der Waals surface area contributed by atoms with Gasteiger partial charge in [-0.3, -0.25) is 4.79 Å². The van der Waals surface area contributed by atoms with E-state index >= 15 is 0 Å². The first-order chi connectivity index (χ1) is 12.6. The third-order valence-electron chi connectivity index (χ3n) is 4.50. The summed E-state index contributed by atoms with van der Waals surface area (Å²) in [7, 11) is 1.64. The van der Waals surface area contributed by atoms with Crippen LogP contribution in [-0.4, -0.2) is 45.6 Å². The molecule has 0 unspecified atom stereocenters. The number of carbonyl (C=O) groups excluding carboxylic acids is 1. The summed E-state index contributed by atoms with van der Waals surface area (Å²) in [6.45, 7) is 7.29. The Kier molecular flexibility index (Phi) is 5.21. The molecule has 0 N–H and O–H groups in total. The van der Waals surface area contributed by atoms with Crippen molar-refractivity contribution in [1.29, 1.82) is 0 Å². The SMILES string of the molecule is CCN(CC)C(=O)Cc1c(-c2ccc(OC)cc2)nc2ccc(C)nn12. The predicted molar refractivity (Wildman–Crippen MR) is 101 cm³/mol. The van der Waals surface area contributed by atoms with Crippen molar-refractivity contribution in [2.75, 3.05) is 20.2 Å². The molecular weight excluding hydrogens is 328 g/mol. The zero-order chi connectivity index (χ0) is 18.7. The summed E-state index contributed by atoms with van der Waals surface area (Å²) >= 11 is 0. The smallest absolute Gasteiger partial charge is 0.228 e. The molecule has 1 amide bonds. The first kappa shape index (κ1) is 17.9. The van der Waals surface area contributed by atoms with Crippen LogP contribution in [0.4, 0.5) is 0 Å². The molecule has 1 aromatic carbocycles. The fourth-order valence-electron chi connectivity index (χ4n) is 3.04. The van der Waals surface area contributed by atoms with E-state index in [0.29, 0.717) is 13.1 Å². The molecule has 3 rings (SSSR count). The number of amides is 1. The minimum absolute atomic E-state index is 0.0786. The van der Waals surface area contributed by atoms with E-state index in [1.54, 1.807) is 11.6 Å². The van der Waals surface area contributed by atoms with Crippen molar-refractivity contribution in [3.8, 4) is 17.0 Å².